The molecule has 0 radical (unpaired) electrons. The Kier molecular flexibility index (Phi) is 7.41. The number of halogens is 6. The minimum Gasteiger partial charge on any atom is -0.356 e. The van der Waals surface area contributed by atoms with Crippen molar-refractivity contribution in [2.75, 3.05) is 13.4 Å². The molecule has 0 aliphatic heterocycles. The molecule has 144 valence electrons. The maximum atomic E-state index is 13.5. The van der Waals surface area contributed by atoms with Gasteiger partial charge < -0.3 is 9.47 Å². The van der Waals surface area contributed by atoms with Gasteiger partial charge in [-0.05, 0) is 44.4 Å². The van der Waals surface area contributed by atoms with Crippen molar-refractivity contribution in [3.63, 3.8) is 0 Å². The molecule has 1 rings (SSSR count). The predicted octanol–water partition coefficient (Wildman–Crippen LogP) is 5.71. The third kappa shape index (κ3) is 4.36. The van der Waals surface area contributed by atoms with Crippen LogP contribution in [0.2, 0.25) is 0 Å². The molecule has 8 heteroatoms. The number of ether oxygens (including phenoxy) is 2. The molecule has 0 heterocycles. The van der Waals surface area contributed by atoms with Crippen molar-refractivity contribution in [2.45, 2.75) is 70.8 Å². The molecule has 0 bridgehead atoms. The Morgan fingerprint density at radius 3 is 1.79 bits per heavy atom. The van der Waals surface area contributed by atoms with Crippen LogP contribution in [-0.4, -0.2) is 31.4 Å². The highest BCUT2D eigenvalue weighted by molar-refractivity contribution is 5.02. The van der Waals surface area contributed by atoms with E-state index >= 15 is 0 Å². The lowest BCUT2D eigenvalue weighted by Gasteiger charge is -2.45. The second-order valence-corrected chi connectivity index (χ2v) is 6.48. The number of rotatable bonds is 7. The van der Waals surface area contributed by atoms with Crippen molar-refractivity contribution >= 4 is 0 Å². The second-order valence-electron chi connectivity index (χ2n) is 6.48. The molecule has 0 aromatic rings. The summed E-state index contributed by atoms with van der Waals surface area (Å²) in [6, 6.07) is 0. The zero-order valence-electron chi connectivity index (χ0n) is 14.3. The van der Waals surface area contributed by atoms with Crippen molar-refractivity contribution in [1.82, 2.24) is 0 Å². The summed E-state index contributed by atoms with van der Waals surface area (Å²) in [6.45, 7) is 4.38. The molecule has 1 saturated carbocycles. The van der Waals surface area contributed by atoms with Gasteiger partial charge in [0.05, 0.1) is 0 Å². The normalized spacial score (nSPS) is 24.9. The molecule has 0 N–H and O–H groups in total. The Labute approximate surface area is 138 Å². The van der Waals surface area contributed by atoms with Crippen LogP contribution in [0.15, 0.2) is 0 Å². The van der Waals surface area contributed by atoms with Gasteiger partial charge in [0, 0.05) is 12.5 Å². The molecule has 1 fully saturated rings. The van der Waals surface area contributed by atoms with E-state index in [2.05, 4.69) is 9.47 Å². The highest BCUT2D eigenvalue weighted by Gasteiger charge is 2.75. The lowest BCUT2D eigenvalue weighted by atomic mass is 9.69. The average molecular weight is 364 g/mol. The monoisotopic (exact) mass is 364 g/mol. The third-order valence-electron chi connectivity index (χ3n) is 5.21. The first kappa shape index (κ1) is 21.5. The van der Waals surface area contributed by atoms with Crippen LogP contribution in [0.1, 0.15) is 52.9 Å². The molecule has 0 aromatic heterocycles. The van der Waals surface area contributed by atoms with E-state index in [1.807, 2.05) is 13.8 Å². The highest BCUT2D eigenvalue weighted by atomic mass is 19.4. The molecule has 2 nitrogen and oxygen atoms in total. The van der Waals surface area contributed by atoms with Crippen LogP contribution in [0.3, 0.4) is 0 Å². The molecule has 24 heavy (non-hydrogen) atoms. The van der Waals surface area contributed by atoms with Gasteiger partial charge in [-0.15, -0.1) is 0 Å². The Morgan fingerprint density at radius 2 is 1.42 bits per heavy atom. The maximum Gasteiger partial charge on any atom is 0.426 e. The van der Waals surface area contributed by atoms with E-state index in [1.54, 1.807) is 0 Å². The lowest BCUT2D eigenvalue weighted by Crippen LogP contribution is -2.64. The summed E-state index contributed by atoms with van der Waals surface area (Å²) in [5.74, 6) is -1.18. The van der Waals surface area contributed by atoms with E-state index in [9.17, 15) is 26.3 Å². The van der Waals surface area contributed by atoms with Gasteiger partial charge in [-0.1, -0.05) is 20.3 Å². The number of hydrogen-bond donors (Lipinski definition) is 0. The summed E-state index contributed by atoms with van der Waals surface area (Å²) in [7, 11) is 0. The van der Waals surface area contributed by atoms with Crippen LogP contribution in [-0.2, 0) is 9.47 Å². The fraction of sp³-hybridized carbons (Fsp3) is 1.00. The fourth-order valence-electron chi connectivity index (χ4n) is 3.55. The van der Waals surface area contributed by atoms with E-state index in [-0.39, 0.29) is 25.4 Å². The van der Waals surface area contributed by atoms with Crippen molar-refractivity contribution in [1.29, 1.82) is 0 Å². The van der Waals surface area contributed by atoms with E-state index in [0.29, 0.717) is 18.8 Å². The van der Waals surface area contributed by atoms with E-state index in [4.69, 9.17) is 0 Å². The third-order valence-corrected chi connectivity index (χ3v) is 5.21. The van der Waals surface area contributed by atoms with Gasteiger partial charge in [-0.25, -0.2) is 0 Å². The van der Waals surface area contributed by atoms with Crippen LogP contribution in [0.5, 0.6) is 0 Å². The summed E-state index contributed by atoms with van der Waals surface area (Å²) in [4.78, 5) is 0. The lowest BCUT2D eigenvalue weighted by molar-refractivity contribution is -0.411. The average Bonchev–Trinajstić information content (AvgIpc) is 2.48. The molecule has 0 amide bonds. The largest absolute Gasteiger partial charge is 0.426 e. The van der Waals surface area contributed by atoms with Crippen LogP contribution in [0, 0.1) is 17.8 Å². The topological polar surface area (TPSA) is 18.5 Å². The zero-order valence-corrected chi connectivity index (χ0v) is 14.3. The molecule has 1 unspecified atom stereocenters. The fourth-order valence-corrected chi connectivity index (χ4v) is 3.55. The van der Waals surface area contributed by atoms with Crippen LogP contribution >= 0.6 is 0 Å². The molecule has 1 atom stereocenters. The Morgan fingerprint density at radius 1 is 0.917 bits per heavy atom. The zero-order chi connectivity index (χ0) is 18.6. The molecular formula is C16H26F6O2. The van der Waals surface area contributed by atoms with Crippen molar-refractivity contribution < 1.29 is 35.8 Å². The Hall–Kier alpha value is -0.500. The van der Waals surface area contributed by atoms with Crippen molar-refractivity contribution in [2.24, 2.45) is 17.8 Å². The summed E-state index contributed by atoms with van der Waals surface area (Å²) in [5, 5.41) is 0. The summed E-state index contributed by atoms with van der Waals surface area (Å²) < 4.78 is 90.0. The standard InChI is InChI=1S/C16H26F6O2/c1-4-11(3)12-6-8-13(9-7-12)14(15(17,18)19,16(20,21)22)24-10-23-5-2/h11-13H,4-10H2,1-3H3. The molecule has 0 spiro atoms. The Balaban J connectivity index is 3.05. The van der Waals surface area contributed by atoms with E-state index in [0.717, 1.165) is 6.42 Å². The van der Waals surface area contributed by atoms with Crippen molar-refractivity contribution in [3.8, 4) is 0 Å². The Bertz CT molecular complexity index is 358. The first-order chi connectivity index (χ1) is 11.0. The van der Waals surface area contributed by atoms with Gasteiger partial charge >= 0.3 is 12.4 Å². The number of hydrogen-bond acceptors (Lipinski definition) is 2. The molecular weight excluding hydrogens is 338 g/mol. The smallest absolute Gasteiger partial charge is 0.356 e. The van der Waals surface area contributed by atoms with E-state index in [1.165, 1.54) is 6.92 Å². The summed E-state index contributed by atoms with van der Waals surface area (Å²) in [6.07, 6.45) is -9.83. The van der Waals surface area contributed by atoms with Gasteiger partial charge in [0.2, 0.25) is 0 Å². The minimum atomic E-state index is -5.55. The van der Waals surface area contributed by atoms with Crippen LogP contribution in [0.4, 0.5) is 26.3 Å². The van der Waals surface area contributed by atoms with Gasteiger partial charge in [0.15, 0.2) is 0 Å². The predicted molar refractivity (Wildman–Crippen MR) is 77.3 cm³/mol. The second kappa shape index (κ2) is 8.25. The van der Waals surface area contributed by atoms with Gasteiger partial charge in [-0.2, -0.15) is 26.3 Å². The van der Waals surface area contributed by atoms with E-state index < -0.39 is 30.7 Å². The molecule has 0 saturated heterocycles. The van der Waals surface area contributed by atoms with Crippen LogP contribution in [0.25, 0.3) is 0 Å². The molecule has 0 aromatic carbocycles. The van der Waals surface area contributed by atoms with Crippen LogP contribution < -0.4 is 0 Å². The van der Waals surface area contributed by atoms with Gasteiger partial charge in [0.25, 0.3) is 5.60 Å². The van der Waals surface area contributed by atoms with Gasteiger partial charge in [-0.3, -0.25) is 0 Å². The highest BCUT2D eigenvalue weighted by Crippen LogP contribution is 2.55. The first-order valence-electron chi connectivity index (χ1n) is 8.36. The first-order valence-corrected chi connectivity index (χ1v) is 8.36. The quantitative estimate of drug-likeness (QED) is 0.327. The SMILES string of the molecule is CCOCOC(C1CCC(C(C)CC)CC1)(C(F)(F)F)C(F)(F)F. The molecule has 1 aliphatic rings. The van der Waals surface area contributed by atoms with Gasteiger partial charge in [0.1, 0.15) is 6.79 Å². The summed E-state index contributed by atoms with van der Waals surface area (Å²) in [5.41, 5.74) is -4.16. The maximum absolute atomic E-state index is 13.5. The minimum absolute atomic E-state index is 0.0213. The summed E-state index contributed by atoms with van der Waals surface area (Å²) >= 11 is 0. The molecule has 1 aliphatic carbocycles. The van der Waals surface area contributed by atoms with Crippen molar-refractivity contribution in [3.05, 3.63) is 0 Å². The number of alkyl halides is 6.